The number of carbonyl (C=O) groups excluding carboxylic acids is 1. The highest BCUT2D eigenvalue weighted by atomic mass is 79.9. The average molecular weight is 312 g/mol. The molecule has 18 heavy (non-hydrogen) atoms. The van der Waals surface area contributed by atoms with Crippen molar-refractivity contribution in [1.82, 2.24) is 19.9 Å². The summed E-state index contributed by atoms with van der Waals surface area (Å²) in [6, 6.07) is 3.86. The first-order valence-corrected chi connectivity index (χ1v) is 6.39. The van der Waals surface area contributed by atoms with Crippen molar-refractivity contribution < 1.29 is 4.79 Å². The van der Waals surface area contributed by atoms with Gasteiger partial charge < -0.3 is 10.6 Å². The van der Waals surface area contributed by atoms with Crippen molar-refractivity contribution in [3.8, 4) is 0 Å². The second-order valence-corrected chi connectivity index (χ2v) is 5.08. The van der Waals surface area contributed by atoms with Crippen LogP contribution in [0.3, 0.4) is 0 Å². The highest BCUT2D eigenvalue weighted by Crippen LogP contribution is 2.11. The molecule has 0 aromatic carbocycles. The van der Waals surface area contributed by atoms with Gasteiger partial charge in [0.25, 0.3) is 0 Å². The molecule has 0 fully saturated rings. The number of hydrogen-bond donors (Lipinski definition) is 2. The average Bonchev–Trinajstić information content (AvgIpc) is 2.67. The van der Waals surface area contributed by atoms with Gasteiger partial charge in [0.2, 0.25) is 11.9 Å². The molecule has 0 bridgehead atoms. The summed E-state index contributed by atoms with van der Waals surface area (Å²) in [6.45, 7) is 3.99. The molecule has 96 valence electrons. The van der Waals surface area contributed by atoms with Gasteiger partial charge in [-0.05, 0) is 41.9 Å². The fraction of sp³-hybridized carbons (Fsp3) is 0.364. The molecule has 2 rings (SSSR count). The lowest BCUT2D eigenvalue weighted by molar-refractivity contribution is -0.119. The first kappa shape index (κ1) is 12.8. The number of nitrogens with zero attached hydrogens (tertiary/aromatic N) is 3. The normalized spacial score (nSPS) is 10.9. The van der Waals surface area contributed by atoms with E-state index in [2.05, 4.69) is 36.6 Å². The number of hydrogen-bond acceptors (Lipinski definition) is 4. The molecule has 0 atom stereocenters. The lowest BCUT2D eigenvalue weighted by atomic mass is 10.4. The van der Waals surface area contributed by atoms with Crippen LogP contribution < -0.4 is 10.6 Å². The Morgan fingerprint density at radius 2 is 2.28 bits per heavy atom. The minimum Gasteiger partial charge on any atom is -0.352 e. The zero-order valence-corrected chi connectivity index (χ0v) is 11.7. The number of anilines is 1. The Labute approximate surface area is 113 Å². The van der Waals surface area contributed by atoms with Crippen molar-refractivity contribution in [2.24, 2.45) is 0 Å². The molecule has 6 nitrogen and oxygen atoms in total. The summed E-state index contributed by atoms with van der Waals surface area (Å²) >= 11 is 3.36. The fourth-order valence-corrected chi connectivity index (χ4v) is 1.79. The van der Waals surface area contributed by atoms with Crippen LogP contribution in [0.5, 0.6) is 0 Å². The Balaban J connectivity index is 2.02. The number of carbonyl (C=O) groups is 1. The van der Waals surface area contributed by atoms with Crippen LogP contribution in [0.1, 0.15) is 13.8 Å². The van der Waals surface area contributed by atoms with E-state index in [0.29, 0.717) is 5.95 Å². The van der Waals surface area contributed by atoms with Crippen molar-refractivity contribution in [3.63, 3.8) is 0 Å². The third-order valence-corrected chi connectivity index (χ3v) is 2.62. The number of pyridine rings is 1. The molecule has 0 aliphatic rings. The second-order valence-electron chi connectivity index (χ2n) is 4.16. The molecule has 2 N–H and O–H groups in total. The van der Waals surface area contributed by atoms with Crippen LogP contribution in [0.2, 0.25) is 0 Å². The lowest BCUT2D eigenvalue weighted by Crippen LogP contribution is -2.35. The third kappa shape index (κ3) is 3.19. The van der Waals surface area contributed by atoms with Gasteiger partial charge in [0.05, 0.1) is 6.54 Å². The van der Waals surface area contributed by atoms with E-state index in [1.54, 1.807) is 4.52 Å². The molecule has 0 saturated carbocycles. The summed E-state index contributed by atoms with van der Waals surface area (Å²) in [7, 11) is 0. The number of nitrogens with one attached hydrogen (secondary N) is 2. The van der Waals surface area contributed by atoms with E-state index >= 15 is 0 Å². The van der Waals surface area contributed by atoms with Crippen LogP contribution in [-0.4, -0.2) is 33.1 Å². The standard InChI is InChI=1S/C11H14BrN5O/c1-7(2)14-10(18)5-13-11-15-9-4-3-8(12)6-17(9)16-11/h3-4,6-7H,5H2,1-2H3,(H,13,16)(H,14,18). The quantitative estimate of drug-likeness (QED) is 0.896. The lowest BCUT2D eigenvalue weighted by Gasteiger charge is -2.07. The van der Waals surface area contributed by atoms with Crippen LogP contribution in [-0.2, 0) is 4.79 Å². The topological polar surface area (TPSA) is 71.3 Å². The van der Waals surface area contributed by atoms with Crippen molar-refractivity contribution in [3.05, 3.63) is 22.8 Å². The van der Waals surface area contributed by atoms with Crippen molar-refractivity contribution in [2.75, 3.05) is 11.9 Å². The molecular formula is C11H14BrN5O. The number of fused-ring (bicyclic) bond motifs is 1. The van der Waals surface area contributed by atoms with E-state index in [1.807, 2.05) is 32.2 Å². The number of aromatic nitrogens is 3. The summed E-state index contributed by atoms with van der Waals surface area (Å²) in [5.41, 5.74) is 0.727. The SMILES string of the molecule is CC(C)NC(=O)CNc1nc2ccc(Br)cn2n1. The van der Waals surface area contributed by atoms with E-state index in [4.69, 9.17) is 0 Å². The summed E-state index contributed by atoms with van der Waals surface area (Å²) in [5.74, 6) is 0.358. The Kier molecular flexibility index (Phi) is 3.81. The molecule has 2 aromatic rings. The van der Waals surface area contributed by atoms with Crippen molar-refractivity contribution in [2.45, 2.75) is 19.9 Å². The van der Waals surface area contributed by atoms with Gasteiger partial charge in [-0.3, -0.25) is 4.79 Å². The van der Waals surface area contributed by atoms with Gasteiger partial charge in [-0.25, -0.2) is 4.52 Å². The monoisotopic (exact) mass is 311 g/mol. The van der Waals surface area contributed by atoms with Crippen molar-refractivity contribution in [1.29, 1.82) is 0 Å². The first-order valence-electron chi connectivity index (χ1n) is 5.60. The Morgan fingerprint density at radius 1 is 1.50 bits per heavy atom. The van der Waals surface area contributed by atoms with E-state index in [-0.39, 0.29) is 18.5 Å². The summed E-state index contributed by atoms with van der Waals surface area (Å²) < 4.78 is 2.57. The van der Waals surface area contributed by atoms with Crippen molar-refractivity contribution >= 4 is 33.4 Å². The summed E-state index contributed by atoms with van der Waals surface area (Å²) in [6.07, 6.45) is 1.81. The molecule has 0 unspecified atom stereocenters. The van der Waals surface area contributed by atoms with Gasteiger partial charge in [-0.1, -0.05) is 0 Å². The molecule has 0 aliphatic heterocycles. The van der Waals surface area contributed by atoms with Crippen LogP contribution in [0.25, 0.3) is 5.65 Å². The van der Waals surface area contributed by atoms with Crippen LogP contribution in [0.15, 0.2) is 22.8 Å². The van der Waals surface area contributed by atoms with Gasteiger partial charge in [0.1, 0.15) is 0 Å². The minimum atomic E-state index is -0.0787. The largest absolute Gasteiger partial charge is 0.352 e. The molecule has 2 aromatic heterocycles. The van der Waals surface area contributed by atoms with E-state index in [0.717, 1.165) is 10.1 Å². The molecule has 7 heteroatoms. The Morgan fingerprint density at radius 3 is 3.00 bits per heavy atom. The first-order chi connectivity index (χ1) is 8.54. The molecule has 0 aliphatic carbocycles. The Bertz CT molecular complexity index is 566. The van der Waals surface area contributed by atoms with Gasteiger partial charge in [0, 0.05) is 16.7 Å². The maximum absolute atomic E-state index is 11.5. The third-order valence-electron chi connectivity index (χ3n) is 2.15. The zero-order chi connectivity index (χ0) is 13.1. The molecule has 2 heterocycles. The van der Waals surface area contributed by atoms with Gasteiger partial charge in [0.15, 0.2) is 5.65 Å². The van der Waals surface area contributed by atoms with Gasteiger partial charge >= 0.3 is 0 Å². The van der Waals surface area contributed by atoms with Crippen LogP contribution in [0.4, 0.5) is 5.95 Å². The predicted octanol–water partition coefficient (Wildman–Crippen LogP) is 1.43. The van der Waals surface area contributed by atoms with E-state index in [1.165, 1.54) is 0 Å². The highest BCUT2D eigenvalue weighted by molar-refractivity contribution is 9.10. The zero-order valence-electron chi connectivity index (χ0n) is 10.1. The number of rotatable bonds is 4. The molecule has 0 saturated heterocycles. The van der Waals surface area contributed by atoms with Crippen LogP contribution in [0, 0.1) is 0 Å². The molecule has 1 amide bonds. The predicted molar refractivity (Wildman–Crippen MR) is 72.5 cm³/mol. The van der Waals surface area contributed by atoms with E-state index in [9.17, 15) is 4.79 Å². The Hall–Kier alpha value is -1.63. The maximum atomic E-state index is 11.5. The molecule has 0 radical (unpaired) electrons. The van der Waals surface area contributed by atoms with Gasteiger partial charge in [-0.2, -0.15) is 4.98 Å². The van der Waals surface area contributed by atoms with Gasteiger partial charge in [-0.15, -0.1) is 5.10 Å². The van der Waals surface area contributed by atoms with E-state index < -0.39 is 0 Å². The smallest absolute Gasteiger partial charge is 0.243 e. The summed E-state index contributed by atoms with van der Waals surface area (Å²) in [5, 5.41) is 9.88. The molecular weight excluding hydrogens is 298 g/mol. The fourth-order valence-electron chi connectivity index (χ4n) is 1.47. The van der Waals surface area contributed by atoms with Crippen LogP contribution >= 0.6 is 15.9 Å². The number of amides is 1. The number of halogens is 1. The summed E-state index contributed by atoms with van der Waals surface area (Å²) in [4.78, 5) is 15.7. The highest BCUT2D eigenvalue weighted by Gasteiger charge is 2.06. The maximum Gasteiger partial charge on any atom is 0.243 e. The second kappa shape index (κ2) is 5.34. The minimum absolute atomic E-state index is 0.0787. The molecule has 0 spiro atoms.